The number of benzene rings is 1. The summed E-state index contributed by atoms with van der Waals surface area (Å²) in [6.07, 6.45) is 2.33. The average Bonchev–Trinajstić information content (AvgIpc) is 3.47. The maximum atomic E-state index is 15.4. The van der Waals surface area contributed by atoms with Crippen LogP contribution in [-0.4, -0.2) is 35.3 Å². The number of amides is 1. The summed E-state index contributed by atoms with van der Waals surface area (Å²) in [7, 11) is 0. The van der Waals surface area contributed by atoms with Crippen molar-refractivity contribution in [1.82, 2.24) is 5.43 Å². The molecule has 5 saturated carbocycles. The predicted molar refractivity (Wildman–Crippen MR) is 103 cm³/mol. The summed E-state index contributed by atoms with van der Waals surface area (Å²) >= 11 is 5.79. The number of rotatable bonds is 3. The number of hydrazone groups is 1. The molecule has 0 unspecified atom stereocenters. The Morgan fingerprint density at radius 3 is 2.16 bits per heavy atom. The van der Waals surface area contributed by atoms with Gasteiger partial charge in [-0.1, -0.05) is 11.6 Å². The lowest BCUT2D eigenvalue weighted by Crippen LogP contribution is -2.89. The van der Waals surface area contributed by atoms with Gasteiger partial charge in [0.15, 0.2) is 0 Å². The van der Waals surface area contributed by atoms with Gasteiger partial charge in [0.05, 0.1) is 0 Å². The van der Waals surface area contributed by atoms with Gasteiger partial charge in [0, 0.05) is 28.6 Å². The Bertz CT molecular complexity index is 1030. The second-order valence-electron chi connectivity index (χ2n) is 9.96. The summed E-state index contributed by atoms with van der Waals surface area (Å²) in [5, 5.41) is 4.46. The van der Waals surface area contributed by atoms with Gasteiger partial charge in [0.25, 0.3) is 5.91 Å². The number of carbonyl (C=O) groups excluding carboxylic acids is 1. The Hall–Kier alpha value is -1.77. The van der Waals surface area contributed by atoms with Crippen LogP contribution in [0.4, 0.5) is 26.3 Å². The third-order valence-electron chi connectivity index (χ3n) is 9.02. The van der Waals surface area contributed by atoms with Crippen molar-refractivity contribution in [3.8, 4) is 0 Å². The van der Waals surface area contributed by atoms with Crippen LogP contribution < -0.4 is 5.43 Å². The molecule has 5 fully saturated rings. The van der Waals surface area contributed by atoms with Crippen LogP contribution in [0.1, 0.15) is 29.6 Å². The SMILES string of the molecule is O=C(N/N=C\[C@H]1C[C@H]2C[C@@H]1[C@@H]1[C@@H]2[C@@H]2C[C@@H]1[C@@]1(F)C(F)(F)C(F)(F)[C@]21F)c1ccc(Cl)cc1. The van der Waals surface area contributed by atoms with E-state index in [0.717, 1.165) is 0 Å². The van der Waals surface area contributed by atoms with Gasteiger partial charge in [-0.3, -0.25) is 4.79 Å². The third kappa shape index (κ3) is 2.00. The first-order valence-electron chi connectivity index (χ1n) is 10.7. The van der Waals surface area contributed by atoms with Gasteiger partial charge in [0.1, 0.15) is 0 Å². The van der Waals surface area contributed by atoms with Crippen LogP contribution in [0.3, 0.4) is 0 Å². The van der Waals surface area contributed by atoms with Gasteiger partial charge in [-0.05, 0) is 73.1 Å². The molecule has 0 aliphatic heterocycles. The highest BCUT2D eigenvalue weighted by atomic mass is 35.5. The second kappa shape index (κ2) is 6.02. The van der Waals surface area contributed by atoms with E-state index in [1.807, 2.05) is 0 Å². The van der Waals surface area contributed by atoms with E-state index < -0.39 is 52.8 Å². The zero-order chi connectivity index (χ0) is 22.8. The van der Waals surface area contributed by atoms with E-state index in [1.165, 1.54) is 18.3 Å². The zero-order valence-electron chi connectivity index (χ0n) is 16.6. The van der Waals surface area contributed by atoms with Crippen LogP contribution in [-0.2, 0) is 0 Å². The molecule has 0 heterocycles. The lowest BCUT2D eigenvalue weighted by Gasteiger charge is -2.63. The number of halogens is 7. The number of hydrogen-bond donors (Lipinski definition) is 1. The molecule has 1 N–H and O–H groups in total. The Balaban J connectivity index is 1.20. The molecular formula is C22H19ClF6N2O. The summed E-state index contributed by atoms with van der Waals surface area (Å²) < 4.78 is 87.3. The molecular weight excluding hydrogens is 458 g/mol. The molecule has 5 aliphatic rings. The van der Waals surface area contributed by atoms with Crippen LogP contribution in [0, 0.1) is 41.4 Å². The molecule has 0 aromatic heterocycles. The highest BCUT2D eigenvalue weighted by Gasteiger charge is 3.05. The molecule has 1 aromatic rings. The zero-order valence-corrected chi connectivity index (χ0v) is 17.3. The number of carbonyl (C=O) groups is 1. The fourth-order valence-corrected chi connectivity index (χ4v) is 8.12. The number of nitrogens with one attached hydrogen (secondary N) is 1. The van der Waals surface area contributed by atoms with Crippen LogP contribution >= 0.6 is 11.6 Å². The molecule has 10 heteroatoms. The van der Waals surface area contributed by atoms with Crippen molar-refractivity contribution < 1.29 is 31.1 Å². The molecule has 3 nitrogen and oxygen atoms in total. The topological polar surface area (TPSA) is 41.5 Å². The fraction of sp³-hybridized carbons (Fsp3) is 0.636. The van der Waals surface area contributed by atoms with Crippen molar-refractivity contribution in [2.24, 2.45) is 46.5 Å². The summed E-state index contributed by atoms with van der Waals surface area (Å²) in [5.74, 6) is -14.9. The van der Waals surface area contributed by atoms with Crippen LogP contribution in [0.15, 0.2) is 29.4 Å². The van der Waals surface area contributed by atoms with Gasteiger partial charge in [-0.2, -0.15) is 22.7 Å². The van der Waals surface area contributed by atoms with E-state index in [1.54, 1.807) is 12.1 Å². The maximum absolute atomic E-state index is 15.4. The molecule has 172 valence electrons. The van der Waals surface area contributed by atoms with Crippen molar-refractivity contribution >= 4 is 23.7 Å². The Morgan fingerprint density at radius 2 is 1.53 bits per heavy atom. The highest BCUT2D eigenvalue weighted by Crippen LogP contribution is 2.85. The summed E-state index contributed by atoms with van der Waals surface area (Å²) in [4.78, 5) is 12.2. The minimum absolute atomic E-state index is 0.134. The number of alkyl halides is 6. The summed E-state index contributed by atoms with van der Waals surface area (Å²) in [6.45, 7) is 0. The Labute approximate surface area is 184 Å². The van der Waals surface area contributed by atoms with Crippen molar-refractivity contribution in [1.29, 1.82) is 0 Å². The first kappa shape index (κ1) is 20.8. The molecule has 1 amide bonds. The van der Waals surface area contributed by atoms with Crippen molar-refractivity contribution in [2.75, 3.05) is 0 Å². The summed E-state index contributed by atoms with van der Waals surface area (Å²) in [6, 6.07) is 6.18. The Morgan fingerprint density at radius 1 is 0.938 bits per heavy atom. The van der Waals surface area contributed by atoms with Gasteiger partial charge in [-0.15, -0.1) is 0 Å². The number of hydrogen-bond acceptors (Lipinski definition) is 2. The van der Waals surface area contributed by atoms with Gasteiger partial charge < -0.3 is 0 Å². The number of fused-ring (bicyclic) bond motifs is 12. The minimum Gasteiger partial charge on any atom is -0.267 e. The molecule has 4 bridgehead atoms. The fourth-order valence-electron chi connectivity index (χ4n) is 7.99. The molecule has 0 spiro atoms. The van der Waals surface area contributed by atoms with Gasteiger partial charge in [0.2, 0.25) is 11.3 Å². The van der Waals surface area contributed by atoms with E-state index in [9.17, 15) is 22.4 Å². The molecule has 0 saturated heterocycles. The van der Waals surface area contributed by atoms with Gasteiger partial charge >= 0.3 is 11.8 Å². The maximum Gasteiger partial charge on any atom is 0.350 e. The number of nitrogens with zero attached hydrogens (tertiary/aromatic N) is 1. The molecule has 9 atom stereocenters. The van der Waals surface area contributed by atoms with Crippen molar-refractivity contribution in [3.05, 3.63) is 34.9 Å². The smallest absolute Gasteiger partial charge is 0.267 e. The lowest BCUT2D eigenvalue weighted by atomic mass is 9.48. The quantitative estimate of drug-likeness (QED) is 0.274. The highest BCUT2D eigenvalue weighted by molar-refractivity contribution is 6.30. The molecule has 1 aromatic carbocycles. The average molecular weight is 477 g/mol. The van der Waals surface area contributed by atoms with Crippen LogP contribution in [0.5, 0.6) is 0 Å². The van der Waals surface area contributed by atoms with Gasteiger partial charge in [-0.25, -0.2) is 14.2 Å². The van der Waals surface area contributed by atoms with E-state index in [4.69, 9.17) is 11.6 Å². The monoisotopic (exact) mass is 476 g/mol. The second-order valence-corrected chi connectivity index (χ2v) is 10.4. The van der Waals surface area contributed by atoms with Crippen LogP contribution in [0.25, 0.3) is 0 Å². The standard InChI is InChI=1S/C22H19ClF6N2O/c23-12-3-1-9(2-4-12)18(32)31-30-8-11-5-10-6-13(11)17-15-7-14(16(10)17)19(24)20(15,25)22(28,29)21(19,26)27/h1-4,8,10-11,13-17H,5-7H2,(H,31,32)/b30-8-/t10-,11+,13-,14-,15-,16-,17-,19-,20-/m0/s1. The summed E-state index contributed by atoms with van der Waals surface area (Å²) in [5.41, 5.74) is -4.85. The molecule has 0 radical (unpaired) electrons. The van der Waals surface area contributed by atoms with E-state index in [0.29, 0.717) is 23.4 Å². The minimum atomic E-state index is -5.00. The van der Waals surface area contributed by atoms with E-state index >= 15 is 8.78 Å². The predicted octanol–water partition coefficient (Wildman–Crippen LogP) is 5.29. The van der Waals surface area contributed by atoms with E-state index in [-0.39, 0.29) is 24.2 Å². The van der Waals surface area contributed by atoms with E-state index in [2.05, 4.69) is 10.5 Å². The Kier molecular flexibility index (Phi) is 3.91. The molecule has 5 aliphatic carbocycles. The normalized spacial score (nSPS) is 48.5. The lowest BCUT2D eigenvalue weighted by molar-refractivity contribution is -0.456. The molecule has 6 rings (SSSR count). The van der Waals surface area contributed by atoms with Crippen LogP contribution in [0.2, 0.25) is 5.02 Å². The van der Waals surface area contributed by atoms with Crippen molar-refractivity contribution in [2.45, 2.75) is 42.4 Å². The van der Waals surface area contributed by atoms with Crippen molar-refractivity contribution in [3.63, 3.8) is 0 Å². The largest absolute Gasteiger partial charge is 0.350 e. The first-order chi connectivity index (χ1) is 15.0. The first-order valence-corrected chi connectivity index (χ1v) is 11.1. The third-order valence-corrected chi connectivity index (χ3v) is 9.27. The molecule has 32 heavy (non-hydrogen) atoms.